The van der Waals surface area contributed by atoms with Gasteiger partial charge in [-0.05, 0) is 34.4 Å². The molecule has 9 nitrogen and oxygen atoms in total. The Morgan fingerprint density at radius 3 is 1.87 bits per heavy atom. The Morgan fingerprint density at radius 2 is 1.35 bits per heavy atom. The van der Waals surface area contributed by atoms with Gasteiger partial charge in [0.1, 0.15) is 0 Å². The number of fused-ring (bicyclic) bond motifs is 5. The molecule has 31 heavy (non-hydrogen) atoms. The first kappa shape index (κ1) is 18.9. The lowest BCUT2D eigenvalue weighted by molar-refractivity contribution is -0.384. The number of nitro benzene ring substituents is 1. The van der Waals surface area contributed by atoms with Crippen LogP contribution in [0.5, 0.6) is 0 Å². The molecule has 10 heteroatoms. The molecule has 1 aliphatic carbocycles. The van der Waals surface area contributed by atoms with Gasteiger partial charge in [-0.2, -0.15) is 0 Å². The second-order valence-electron chi connectivity index (χ2n) is 7.10. The Balaban J connectivity index is 1.66. The number of hydrogen-bond donors (Lipinski definition) is 1. The third kappa shape index (κ3) is 2.39. The van der Waals surface area contributed by atoms with Crippen LogP contribution >= 0.6 is 0 Å². The van der Waals surface area contributed by atoms with Crippen LogP contribution in [0.15, 0.2) is 77.7 Å². The van der Waals surface area contributed by atoms with Crippen LogP contribution in [0.3, 0.4) is 0 Å². The van der Waals surface area contributed by atoms with Crippen molar-refractivity contribution in [2.75, 3.05) is 0 Å². The summed E-state index contributed by atoms with van der Waals surface area (Å²) in [5.41, 5.74) is 0.429. The average Bonchev–Trinajstić information content (AvgIpc) is 3.20. The molecule has 0 bridgehead atoms. The van der Waals surface area contributed by atoms with Crippen molar-refractivity contribution in [2.24, 2.45) is 0 Å². The molecule has 0 saturated carbocycles. The van der Waals surface area contributed by atoms with Crippen LogP contribution in [0, 0.1) is 10.1 Å². The number of carbonyl (C=O) groups is 2. The van der Waals surface area contributed by atoms with Crippen molar-refractivity contribution in [1.29, 1.82) is 0 Å². The lowest BCUT2D eigenvalue weighted by Gasteiger charge is -2.24. The van der Waals surface area contributed by atoms with Gasteiger partial charge in [0, 0.05) is 12.1 Å². The number of nitrogens with zero attached hydrogens (tertiary/aromatic N) is 2. The third-order valence-electron chi connectivity index (χ3n) is 5.52. The number of nitrogens with one attached hydrogen (secondary N) is 1. The molecule has 1 saturated heterocycles. The summed E-state index contributed by atoms with van der Waals surface area (Å²) >= 11 is 0. The molecule has 0 aromatic heterocycles. The third-order valence-corrected chi connectivity index (χ3v) is 7.20. The van der Waals surface area contributed by atoms with E-state index >= 15 is 0 Å². The number of carbonyl (C=O) groups excluding carboxylic acids is 2. The van der Waals surface area contributed by atoms with Crippen molar-refractivity contribution < 1.29 is 22.9 Å². The second-order valence-corrected chi connectivity index (χ2v) is 8.88. The van der Waals surface area contributed by atoms with E-state index in [0.717, 1.165) is 35.4 Å². The zero-order valence-electron chi connectivity index (χ0n) is 15.7. The van der Waals surface area contributed by atoms with Gasteiger partial charge in [-0.25, -0.2) is 13.2 Å². The first-order chi connectivity index (χ1) is 14.8. The summed E-state index contributed by atoms with van der Waals surface area (Å²) in [5.74, 6) is -0.951. The van der Waals surface area contributed by atoms with E-state index in [1.54, 1.807) is 48.5 Å². The molecule has 3 aromatic rings. The summed E-state index contributed by atoms with van der Waals surface area (Å²) in [7, 11) is -4.60. The molecule has 1 heterocycles. The van der Waals surface area contributed by atoms with Crippen LogP contribution in [-0.4, -0.2) is 29.6 Å². The Kier molecular flexibility index (Phi) is 3.80. The molecule has 1 aliphatic heterocycles. The number of benzene rings is 3. The fourth-order valence-corrected chi connectivity index (χ4v) is 5.48. The quantitative estimate of drug-likeness (QED) is 0.383. The van der Waals surface area contributed by atoms with Crippen molar-refractivity contribution in [2.45, 2.75) is 10.4 Å². The molecule has 1 fully saturated rings. The van der Waals surface area contributed by atoms with E-state index in [1.165, 1.54) is 0 Å². The van der Waals surface area contributed by atoms with Gasteiger partial charge in [-0.1, -0.05) is 48.5 Å². The van der Waals surface area contributed by atoms with Crippen LogP contribution in [-0.2, 0) is 20.4 Å². The molecule has 154 valence electrons. The summed E-state index contributed by atoms with van der Waals surface area (Å²) in [6.45, 7) is 0. The highest BCUT2D eigenvalue weighted by Crippen LogP contribution is 2.50. The van der Waals surface area contributed by atoms with Gasteiger partial charge in [-0.3, -0.25) is 14.9 Å². The van der Waals surface area contributed by atoms with Crippen LogP contribution in [0.25, 0.3) is 11.1 Å². The molecule has 5 rings (SSSR count). The highest BCUT2D eigenvalue weighted by molar-refractivity contribution is 7.90. The molecule has 3 amide bonds. The standard InChI is InChI=1S/C21H13N3O6S/c25-19-21(17-7-3-1-5-15(17)16-6-2-4-8-18(16)21)22-20(26)23(19)31(29,30)14-11-9-13(10-12-14)24(27)28/h1-12H,(H,22,26). The van der Waals surface area contributed by atoms with Gasteiger partial charge in [-0.15, -0.1) is 4.31 Å². The summed E-state index contributed by atoms with van der Waals surface area (Å²) in [6, 6.07) is 16.9. The fourth-order valence-electron chi connectivity index (χ4n) is 4.17. The average molecular weight is 435 g/mol. The van der Waals surface area contributed by atoms with E-state index in [4.69, 9.17) is 0 Å². The van der Waals surface area contributed by atoms with Crippen LogP contribution in [0.1, 0.15) is 11.1 Å². The summed E-state index contributed by atoms with van der Waals surface area (Å²) in [5, 5.41) is 13.5. The smallest absolute Gasteiger partial charge is 0.315 e. The maximum atomic E-state index is 13.6. The van der Waals surface area contributed by atoms with E-state index in [0.29, 0.717) is 11.1 Å². The molecule has 2 aliphatic rings. The van der Waals surface area contributed by atoms with E-state index in [9.17, 15) is 28.1 Å². The SMILES string of the molecule is O=C1NC2(C(=O)N1S(=O)(=O)c1ccc([N+](=O)[O-])cc1)c1ccccc1-c1ccccc12. The van der Waals surface area contributed by atoms with Gasteiger partial charge >= 0.3 is 6.03 Å². The van der Waals surface area contributed by atoms with E-state index < -0.39 is 37.3 Å². The Morgan fingerprint density at radius 1 is 0.839 bits per heavy atom. The molecule has 3 aromatic carbocycles. The van der Waals surface area contributed by atoms with Gasteiger partial charge < -0.3 is 5.32 Å². The summed E-state index contributed by atoms with van der Waals surface area (Å²) in [6.07, 6.45) is 0. The Hall–Kier alpha value is -4.05. The zero-order chi connectivity index (χ0) is 22.0. The van der Waals surface area contributed by atoms with E-state index in [1.807, 2.05) is 0 Å². The number of nitro groups is 1. The van der Waals surface area contributed by atoms with Crippen molar-refractivity contribution in [3.63, 3.8) is 0 Å². The first-order valence-electron chi connectivity index (χ1n) is 9.14. The minimum atomic E-state index is -4.60. The number of amides is 3. The van der Waals surface area contributed by atoms with E-state index in [-0.39, 0.29) is 9.99 Å². The van der Waals surface area contributed by atoms with Crippen molar-refractivity contribution in [3.8, 4) is 11.1 Å². The molecular weight excluding hydrogens is 422 g/mol. The summed E-state index contributed by atoms with van der Waals surface area (Å²) < 4.78 is 26.6. The van der Waals surface area contributed by atoms with Gasteiger partial charge in [0.05, 0.1) is 9.82 Å². The Bertz CT molecular complexity index is 1350. The Labute approximate surface area is 176 Å². The summed E-state index contributed by atoms with van der Waals surface area (Å²) in [4.78, 5) is 36.3. The molecule has 1 spiro atoms. The number of non-ortho nitro benzene ring substituents is 1. The van der Waals surface area contributed by atoms with Crippen LogP contribution < -0.4 is 5.32 Å². The number of urea groups is 1. The monoisotopic (exact) mass is 435 g/mol. The lowest BCUT2D eigenvalue weighted by Crippen LogP contribution is -2.44. The minimum Gasteiger partial charge on any atom is -0.315 e. The minimum absolute atomic E-state index is 0.201. The molecule has 1 N–H and O–H groups in total. The number of imide groups is 1. The van der Waals surface area contributed by atoms with Crippen LogP contribution in [0.4, 0.5) is 10.5 Å². The lowest BCUT2D eigenvalue weighted by atomic mass is 9.88. The van der Waals surface area contributed by atoms with E-state index in [2.05, 4.69) is 5.32 Å². The van der Waals surface area contributed by atoms with Crippen molar-refractivity contribution in [1.82, 2.24) is 9.62 Å². The normalized spacial score (nSPS) is 16.2. The van der Waals surface area contributed by atoms with Crippen molar-refractivity contribution in [3.05, 3.63) is 94.0 Å². The highest BCUT2D eigenvalue weighted by atomic mass is 32.2. The van der Waals surface area contributed by atoms with Gasteiger partial charge in [0.25, 0.3) is 21.6 Å². The second kappa shape index (κ2) is 6.22. The number of sulfonamides is 1. The number of rotatable bonds is 3. The predicted molar refractivity (Wildman–Crippen MR) is 108 cm³/mol. The molecular formula is C21H13N3O6S. The largest absolute Gasteiger partial charge is 0.339 e. The molecule has 0 radical (unpaired) electrons. The molecule has 0 unspecified atom stereocenters. The highest BCUT2D eigenvalue weighted by Gasteiger charge is 2.61. The maximum absolute atomic E-state index is 13.6. The number of hydrogen-bond acceptors (Lipinski definition) is 6. The predicted octanol–water partition coefficient (Wildman–Crippen LogP) is 2.76. The topological polar surface area (TPSA) is 127 Å². The van der Waals surface area contributed by atoms with Gasteiger partial charge in [0.2, 0.25) is 0 Å². The maximum Gasteiger partial charge on any atom is 0.339 e. The fraction of sp³-hybridized carbons (Fsp3) is 0.0476. The molecule has 0 atom stereocenters. The first-order valence-corrected chi connectivity index (χ1v) is 10.6. The van der Waals surface area contributed by atoms with Gasteiger partial charge in [0.15, 0.2) is 5.54 Å². The van der Waals surface area contributed by atoms with Crippen LogP contribution in [0.2, 0.25) is 0 Å². The van der Waals surface area contributed by atoms with Crippen molar-refractivity contribution >= 4 is 27.6 Å². The zero-order valence-corrected chi connectivity index (χ0v) is 16.5.